The van der Waals surface area contributed by atoms with E-state index in [4.69, 9.17) is 0 Å². The van der Waals surface area contributed by atoms with Crippen molar-refractivity contribution in [1.82, 2.24) is 24.9 Å². The van der Waals surface area contributed by atoms with E-state index in [1.54, 1.807) is 17.1 Å². The minimum atomic E-state index is -0.477. The van der Waals surface area contributed by atoms with Gasteiger partial charge in [0.15, 0.2) is 5.82 Å². The summed E-state index contributed by atoms with van der Waals surface area (Å²) in [5.41, 5.74) is 0.118. The number of carbonyl (C=O) groups is 1. The summed E-state index contributed by atoms with van der Waals surface area (Å²) < 4.78 is 3.70. The second-order valence-corrected chi connectivity index (χ2v) is 9.20. The van der Waals surface area contributed by atoms with E-state index in [1.165, 1.54) is 0 Å². The van der Waals surface area contributed by atoms with E-state index in [2.05, 4.69) is 15.5 Å². The number of rotatable bonds is 4. The van der Waals surface area contributed by atoms with Crippen LogP contribution < -0.4 is 5.32 Å². The lowest BCUT2D eigenvalue weighted by Gasteiger charge is -2.58. The first-order chi connectivity index (χ1) is 13.1. The summed E-state index contributed by atoms with van der Waals surface area (Å²) in [4.78, 5) is 13.2. The van der Waals surface area contributed by atoms with E-state index in [9.17, 15) is 9.90 Å². The van der Waals surface area contributed by atoms with Crippen molar-refractivity contribution in [2.24, 2.45) is 17.8 Å². The number of aromatic nitrogens is 4. The van der Waals surface area contributed by atoms with Gasteiger partial charge >= 0.3 is 0 Å². The quantitative estimate of drug-likeness (QED) is 0.866. The number of nitrogens with one attached hydrogen (secondary N) is 1. The normalized spacial score (nSPS) is 36.9. The zero-order chi connectivity index (χ0) is 18.2. The van der Waals surface area contributed by atoms with Crippen LogP contribution in [0.3, 0.4) is 0 Å². The predicted octanol–water partition coefficient (Wildman–Crippen LogP) is 2.07. The molecule has 4 bridgehead atoms. The molecule has 7 nitrogen and oxygen atoms in total. The van der Waals surface area contributed by atoms with Gasteiger partial charge in [0, 0.05) is 18.4 Å². The van der Waals surface area contributed by atoms with E-state index in [1.807, 2.05) is 16.9 Å². The Hall–Kier alpha value is -2.15. The van der Waals surface area contributed by atoms with Crippen LogP contribution in [-0.2, 0) is 0 Å². The molecule has 0 spiro atoms. The first kappa shape index (κ1) is 15.9. The second kappa shape index (κ2) is 5.44. The lowest BCUT2D eigenvalue weighted by atomic mass is 9.52. The summed E-state index contributed by atoms with van der Waals surface area (Å²) in [7, 11) is 0. The molecule has 1 amide bonds. The zero-order valence-corrected chi connectivity index (χ0v) is 15.3. The molecule has 2 heterocycles. The highest BCUT2D eigenvalue weighted by atomic mass is 16.3. The molecule has 3 unspecified atom stereocenters. The van der Waals surface area contributed by atoms with Crippen molar-refractivity contribution in [3.63, 3.8) is 0 Å². The van der Waals surface area contributed by atoms with Gasteiger partial charge in [-0.1, -0.05) is 0 Å². The summed E-state index contributed by atoms with van der Waals surface area (Å²) in [6, 6.07) is 2.41. The number of nitrogens with zero attached hydrogens (tertiary/aromatic N) is 4. The van der Waals surface area contributed by atoms with Crippen LogP contribution >= 0.6 is 0 Å². The van der Waals surface area contributed by atoms with Crippen molar-refractivity contribution in [2.45, 2.75) is 62.6 Å². The van der Waals surface area contributed by atoms with Crippen LogP contribution in [0, 0.1) is 17.8 Å². The van der Waals surface area contributed by atoms with E-state index in [0.29, 0.717) is 29.4 Å². The molecule has 2 N–H and O–H groups in total. The first-order valence-electron chi connectivity index (χ1n) is 10.2. The monoisotopic (exact) mass is 367 g/mol. The van der Waals surface area contributed by atoms with Gasteiger partial charge in [0.25, 0.3) is 5.91 Å². The highest BCUT2D eigenvalue weighted by Gasteiger charge is 2.55. The van der Waals surface area contributed by atoms with E-state index in [0.717, 1.165) is 50.8 Å². The van der Waals surface area contributed by atoms with Crippen LogP contribution in [0.1, 0.15) is 61.3 Å². The molecular weight excluding hydrogens is 342 g/mol. The fraction of sp³-hybridized carbons (Fsp3) is 0.650. The van der Waals surface area contributed by atoms with Crippen molar-refractivity contribution >= 4 is 5.91 Å². The van der Waals surface area contributed by atoms with Crippen LogP contribution in [0.5, 0.6) is 0 Å². The summed E-state index contributed by atoms with van der Waals surface area (Å²) in [6.07, 6.45) is 12.4. The standard InChI is InChI=1S/C20H25N5O2/c26-18(23-17-13-6-12-7-14(17)10-20(27,8-12)9-13)16-11-22-25(15-2-3-15)19(16)24-5-1-4-21-24/h1,4-5,11-15,17,27H,2-3,6-10H2,(H,23,26)/t12?,13-,14+,17?,20?. The molecule has 0 aromatic carbocycles. The minimum Gasteiger partial charge on any atom is -0.390 e. The highest BCUT2D eigenvalue weighted by molar-refractivity contribution is 5.97. The van der Waals surface area contributed by atoms with Crippen LogP contribution in [0.25, 0.3) is 5.82 Å². The predicted molar refractivity (Wildman–Crippen MR) is 97.4 cm³/mol. The Morgan fingerprint density at radius 2 is 1.96 bits per heavy atom. The van der Waals surface area contributed by atoms with Gasteiger partial charge < -0.3 is 10.4 Å². The lowest BCUT2D eigenvalue weighted by molar-refractivity contribution is -0.136. The maximum Gasteiger partial charge on any atom is 0.256 e. The van der Waals surface area contributed by atoms with Crippen molar-refractivity contribution in [1.29, 1.82) is 0 Å². The molecule has 7 rings (SSSR count). The molecule has 0 saturated heterocycles. The van der Waals surface area contributed by atoms with Gasteiger partial charge in [-0.25, -0.2) is 9.36 Å². The zero-order valence-electron chi connectivity index (χ0n) is 15.3. The van der Waals surface area contributed by atoms with Crippen molar-refractivity contribution < 1.29 is 9.90 Å². The Kier molecular flexibility index (Phi) is 3.20. The first-order valence-corrected chi connectivity index (χ1v) is 10.2. The van der Waals surface area contributed by atoms with Gasteiger partial charge in [0.1, 0.15) is 5.56 Å². The molecule has 0 aliphatic heterocycles. The van der Waals surface area contributed by atoms with Gasteiger partial charge in [-0.05, 0) is 68.8 Å². The molecule has 2 aromatic rings. The molecule has 5 atom stereocenters. The molecule has 0 radical (unpaired) electrons. The molecule has 142 valence electrons. The SMILES string of the molecule is O=C(NC1[C@@H]2CC3C[C@H]1CC(O)(C3)C2)c1cnn(C2CC2)c1-n1cccn1. The summed E-state index contributed by atoms with van der Waals surface area (Å²) in [5, 5.41) is 23.0. The molecule has 5 aliphatic rings. The van der Waals surface area contributed by atoms with E-state index >= 15 is 0 Å². The Morgan fingerprint density at radius 3 is 2.59 bits per heavy atom. The highest BCUT2D eigenvalue weighted by Crippen LogP contribution is 2.55. The Balaban J connectivity index is 1.29. The van der Waals surface area contributed by atoms with Gasteiger partial charge in [-0.3, -0.25) is 4.79 Å². The maximum atomic E-state index is 13.2. The largest absolute Gasteiger partial charge is 0.390 e. The van der Waals surface area contributed by atoms with Crippen molar-refractivity contribution in [3.05, 3.63) is 30.2 Å². The van der Waals surface area contributed by atoms with Crippen LogP contribution in [0.2, 0.25) is 0 Å². The average Bonchev–Trinajstić information content (AvgIpc) is 3.15. The topological polar surface area (TPSA) is 85.0 Å². The van der Waals surface area contributed by atoms with Crippen molar-refractivity contribution in [3.8, 4) is 5.82 Å². The number of hydrogen-bond acceptors (Lipinski definition) is 4. The average molecular weight is 367 g/mol. The molecule has 5 fully saturated rings. The fourth-order valence-electron chi connectivity index (χ4n) is 6.17. The Morgan fingerprint density at radius 1 is 1.19 bits per heavy atom. The Labute approximate surface area is 157 Å². The van der Waals surface area contributed by atoms with E-state index < -0.39 is 5.60 Å². The third kappa shape index (κ3) is 2.47. The van der Waals surface area contributed by atoms with Gasteiger partial charge in [-0.15, -0.1) is 0 Å². The molecule has 5 aliphatic carbocycles. The Bertz CT molecular complexity index is 868. The summed E-state index contributed by atoms with van der Waals surface area (Å²) in [5.74, 6) is 2.14. The van der Waals surface area contributed by atoms with Crippen LogP contribution in [0.15, 0.2) is 24.7 Å². The second-order valence-electron chi connectivity index (χ2n) is 9.20. The van der Waals surface area contributed by atoms with Gasteiger partial charge in [-0.2, -0.15) is 10.2 Å². The van der Waals surface area contributed by atoms with Crippen molar-refractivity contribution in [2.75, 3.05) is 0 Å². The molecule has 27 heavy (non-hydrogen) atoms. The summed E-state index contributed by atoms with van der Waals surface area (Å²) >= 11 is 0. The van der Waals surface area contributed by atoms with Gasteiger partial charge in [0.2, 0.25) is 0 Å². The smallest absolute Gasteiger partial charge is 0.256 e. The third-order valence-electron chi connectivity index (χ3n) is 7.17. The molecular formula is C20H25N5O2. The lowest BCUT2D eigenvalue weighted by Crippen LogP contribution is -2.61. The number of carbonyl (C=O) groups excluding carboxylic acids is 1. The molecule has 7 heteroatoms. The van der Waals surface area contributed by atoms with Gasteiger partial charge in [0.05, 0.1) is 17.8 Å². The maximum absolute atomic E-state index is 13.2. The minimum absolute atomic E-state index is 0.0585. The number of aliphatic hydroxyl groups is 1. The third-order valence-corrected chi connectivity index (χ3v) is 7.17. The number of hydrogen-bond donors (Lipinski definition) is 2. The number of amides is 1. The fourth-order valence-corrected chi connectivity index (χ4v) is 6.17. The molecule has 5 saturated carbocycles. The van der Waals surface area contributed by atoms with E-state index in [-0.39, 0.29) is 11.9 Å². The van der Waals surface area contributed by atoms with Crippen LogP contribution in [0.4, 0.5) is 0 Å². The molecule has 2 aromatic heterocycles. The van der Waals surface area contributed by atoms with Crippen LogP contribution in [-0.4, -0.2) is 42.2 Å². The summed E-state index contributed by atoms with van der Waals surface area (Å²) in [6.45, 7) is 0.